The summed E-state index contributed by atoms with van der Waals surface area (Å²) in [5.74, 6) is 0.396. The van der Waals surface area contributed by atoms with Crippen LogP contribution >= 0.6 is 0 Å². The molecule has 1 unspecified atom stereocenters. The molecule has 1 aliphatic rings. The van der Waals surface area contributed by atoms with Gasteiger partial charge in [-0.15, -0.1) is 0 Å². The third kappa shape index (κ3) is 4.34. The first-order valence-electron chi connectivity index (χ1n) is 7.86. The molecule has 3 heteroatoms. The zero-order valence-electron chi connectivity index (χ0n) is 12.2. The highest BCUT2D eigenvalue weighted by molar-refractivity contribution is 5.79. The van der Waals surface area contributed by atoms with E-state index in [1.54, 1.807) is 0 Å². The van der Waals surface area contributed by atoms with Gasteiger partial charge < -0.3 is 11.1 Å². The lowest BCUT2D eigenvalue weighted by Crippen LogP contribution is -2.34. The summed E-state index contributed by atoms with van der Waals surface area (Å²) in [7, 11) is 0. The van der Waals surface area contributed by atoms with Gasteiger partial charge in [-0.3, -0.25) is 4.79 Å². The van der Waals surface area contributed by atoms with E-state index in [2.05, 4.69) is 29.6 Å². The van der Waals surface area contributed by atoms with Gasteiger partial charge in [0.05, 0.1) is 0 Å². The Morgan fingerprint density at radius 1 is 1.15 bits per heavy atom. The minimum Gasteiger partial charge on any atom is -0.356 e. The Morgan fingerprint density at radius 2 is 1.90 bits per heavy atom. The average Bonchev–Trinajstić information content (AvgIpc) is 2.50. The van der Waals surface area contributed by atoms with Crippen LogP contribution in [0.15, 0.2) is 24.3 Å². The zero-order chi connectivity index (χ0) is 14.2. The number of benzene rings is 1. The molecule has 0 spiro atoms. The summed E-state index contributed by atoms with van der Waals surface area (Å²) in [4.78, 5) is 12.2. The molecule has 0 bridgehead atoms. The van der Waals surface area contributed by atoms with Crippen LogP contribution in [0.25, 0.3) is 0 Å². The first-order valence-corrected chi connectivity index (χ1v) is 7.86. The molecule has 0 aromatic heterocycles. The molecule has 0 saturated carbocycles. The highest BCUT2D eigenvalue weighted by atomic mass is 16.1. The van der Waals surface area contributed by atoms with Crippen LogP contribution in [-0.2, 0) is 17.6 Å². The van der Waals surface area contributed by atoms with Gasteiger partial charge in [0.1, 0.15) is 0 Å². The van der Waals surface area contributed by atoms with Crippen LogP contribution in [0.3, 0.4) is 0 Å². The third-order valence-electron chi connectivity index (χ3n) is 4.15. The monoisotopic (exact) mass is 274 g/mol. The van der Waals surface area contributed by atoms with Crippen LogP contribution in [0.1, 0.15) is 43.2 Å². The van der Waals surface area contributed by atoms with Gasteiger partial charge in [-0.05, 0) is 49.8 Å². The normalized spacial score (nSPS) is 17.6. The van der Waals surface area contributed by atoms with Crippen molar-refractivity contribution in [1.82, 2.24) is 5.32 Å². The number of carbonyl (C=O) groups excluding carboxylic acids is 1. The maximum Gasteiger partial charge on any atom is 0.223 e. The number of aryl methyl sites for hydroxylation is 1. The van der Waals surface area contributed by atoms with E-state index in [1.807, 2.05) is 0 Å². The molecule has 20 heavy (non-hydrogen) atoms. The Bertz CT molecular complexity index is 431. The number of amides is 1. The molecule has 3 N–H and O–H groups in total. The number of fused-ring (bicyclic) bond motifs is 1. The Hall–Kier alpha value is -1.35. The smallest absolute Gasteiger partial charge is 0.223 e. The number of hydrogen-bond donors (Lipinski definition) is 2. The SMILES string of the molecule is NCCCCCCNC(=O)C1CCc2ccccc2C1. The van der Waals surface area contributed by atoms with E-state index in [-0.39, 0.29) is 11.8 Å². The Kier molecular flexibility index (Phi) is 6.06. The molecule has 1 atom stereocenters. The molecule has 0 fully saturated rings. The Balaban J connectivity index is 1.69. The fourth-order valence-corrected chi connectivity index (χ4v) is 2.90. The van der Waals surface area contributed by atoms with Gasteiger partial charge in [0.2, 0.25) is 5.91 Å². The minimum absolute atomic E-state index is 0.161. The molecule has 1 aromatic rings. The molecule has 0 saturated heterocycles. The van der Waals surface area contributed by atoms with Gasteiger partial charge in [-0.25, -0.2) is 0 Å². The van der Waals surface area contributed by atoms with Crippen molar-refractivity contribution in [3.63, 3.8) is 0 Å². The van der Waals surface area contributed by atoms with Crippen molar-refractivity contribution >= 4 is 5.91 Å². The molecule has 0 aliphatic heterocycles. The number of nitrogens with one attached hydrogen (secondary N) is 1. The summed E-state index contributed by atoms with van der Waals surface area (Å²) in [6.45, 7) is 1.58. The second kappa shape index (κ2) is 8.05. The van der Waals surface area contributed by atoms with Crippen LogP contribution in [0.5, 0.6) is 0 Å². The van der Waals surface area contributed by atoms with Crippen LogP contribution in [-0.4, -0.2) is 19.0 Å². The second-order valence-corrected chi connectivity index (χ2v) is 5.70. The van der Waals surface area contributed by atoms with Crippen molar-refractivity contribution in [3.8, 4) is 0 Å². The van der Waals surface area contributed by atoms with Gasteiger partial charge in [0, 0.05) is 12.5 Å². The summed E-state index contributed by atoms with van der Waals surface area (Å²) in [5, 5.41) is 3.09. The van der Waals surface area contributed by atoms with Crippen LogP contribution in [0, 0.1) is 5.92 Å². The number of unbranched alkanes of at least 4 members (excludes halogenated alkanes) is 3. The molecular formula is C17H26N2O. The lowest BCUT2D eigenvalue weighted by molar-refractivity contribution is -0.125. The standard InChI is InChI=1S/C17H26N2O/c18-11-5-1-2-6-12-19-17(20)16-10-9-14-7-3-4-8-15(14)13-16/h3-4,7-8,16H,1-2,5-6,9-13,18H2,(H,19,20). The van der Waals surface area contributed by atoms with Crippen LogP contribution < -0.4 is 11.1 Å². The highest BCUT2D eigenvalue weighted by Crippen LogP contribution is 2.25. The van der Waals surface area contributed by atoms with Crippen molar-refractivity contribution in [2.75, 3.05) is 13.1 Å². The van der Waals surface area contributed by atoms with Gasteiger partial charge >= 0.3 is 0 Å². The summed E-state index contributed by atoms with van der Waals surface area (Å²) < 4.78 is 0. The first-order chi connectivity index (χ1) is 9.81. The summed E-state index contributed by atoms with van der Waals surface area (Å²) in [5.41, 5.74) is 8.22. The molecule has 0 heterocycles. The topological polar surface area (TPSA) is 55.1 Å². The number of nitrogens with two attached hydrogens (primary N) is 1. The number of carbonyl (C=O) groups is 1. The fraction of sp³-hybridized carbons (Fsp3) is 0.588. The van der Waals surface area contributed by atoms with Crippen molar-refractivity contribution in [2.45, 2.75) is 44.9 Å². The average molecular weight is 274 g/mol. The second-order valence-electron chi connectivity index (χ2n) is 5.70. The van der Waals surface area contributed by atoms with E-state index in [1.165, 1.54) is 17.5 Å². The van der Waals surface area contributed by atoms with E-state index >= 15 is 0 Å². The Labute approximate surface area is 121 Å². The maximum absolute atomic E-state index is 12.2. The molecule has 1 aliphatic carbocycles. The van der Waals surface area contributed by atoms with E-state index in [4.69, 9.17) is 5.73 Å². The summed E-state index contributed by atoms with van der Waals surface area (Å²) in [6.07, 6.45) is 7.40. The molecule has 3 nitrogen and oxygen atoms in total. The predicted molar refractivity (Wildman–Crippen MR) is 82.5 cm³/mol. The van der Waals surface area contributed by atoms with Crippen LogP contribution in [0.2, 0.25) is 0 Å². The first kappa shape index (κ1) is 15.0. The Morgan fingerprint density at radius 3 is 2.70 bits per heavy atom. The van der Waals surface area contributed by atoms with Crippen molar-refractivity contribution in [1.29, 1.82) is 0 Å². The number of rotatable bonds is 7. The summed E-state index contributed by atoms with van der Waals surface area (Å²) >= 11 is 0. The van der Waals surface area contributed by atoms with E-state index < -0.39 is 0 Å². The molecule has 1 aromatic carbocycles. The van der Waals surface area contributed by atoms with Crippen LogP contribution in [0.4, 0.5) is 0 Å². The molecule has 110 valence electrons. The van der Waals surface area contributed by atoms with Crippen molar-refractivity contribution in [2.24, 2.45) is 11.7 Å². The van der Waals surface area contributed by atoms with E-state index in [0.717, 1.165) is 51.6 Å². The van der Waals surface area contributed by atoms with Gasteiger partial charge in [0.25, 0.3) is 0 Å². The minimum atomic E-state index is 0.161. The molecular weight excluding hydrogens is 248 g/mol. The largest absolute Gasteiger partial charge is 0.356 e. The predicted octanol–water partition coefficient (Wildman–Crippen LogP) is 2.43. The quantitative estimate of drug-likeness (QED) is 0.750. The fourth-order valence-electron chi connectivity index (χ4n) is 2.90. The zero-order valence-corrected chi connectivity index (χ0v) is 12.2. The van der Waals surface area contributed by atoms with Gasteiger partial charge in [0.15, 0.2) is 0 Å². The number of hydrogen-bond acceptors (Lipinski definition) is 2. The van der Waals surface area contributed by atoms with Gasteiger partial charge in [-0.2, -0.15) is 0 Å². The lowest BCUT2D eigenvalue weighted by atomic mass is 9.83. The lowest BCUT2D eigenvalue weighted by Gasteiger charge is -2.23. The summed E-state index contributed by atoms with van der Waals surface area (Å²) in [6, 6.07) is 8.49. The molecule has 2 rings (SSSR count). The van der Waals surface area contributed by atoms with E-state index in [9.17, 15) is 4.79 Å². The maximum atomic E-state index is 12.2. The molecule has 0 radical (unpaired) electrons. The van der Waals surface area contributed by atoms with Gasteiger partial charge in [-0.1, -0.05) is 37.1 Å². The third-order valence-corrected chi connectivity index (χ3v) is 4.15. The molecule has 1 amide bonds. The highest BCUT2D eigenvalue weighted by Gasteiger charge is 2.23. The van der Waals surface area contributed by atoms with Crippen molar-refractivity contribution in [3.05, 3.63) is 35.4 Å². The van der Waals surface area contributed by atoms with E-state index in [0.29, 0.717) is 0 Å². The van der Waals surface area contributed by atoms with Crippen molar-refractivity contribution < 1.29 is 4.79 Å².